The zero-order chi connectivity index (χ0) is 14.6. The van der Waals surface area contributed by atoms with Gasteiger partial charge in [0.2, 0.25) is 0 Å². The lowest BCUT2D eigenvalue weighted by atomic mass is 9.99. The normalized spacial score (nSPS) is 15.5. The van der Waals surface area contributed by atoms with E-state index in [-0.39, 0.29) is 6.04 Å². The largest absolute Gasteiger partial charge is 0.329 e. The molecule has 0 radical (unpaired) electrons. The van der Waals surface area contributed by atoms with Crippen molar-refractivity contribution in [2.45, 2.75) is 46.2 Å². The first-order chi connectivity index (χ1) is 8.82. The molecule has 110 valence electrons. The van der Waals surface area contributed by atoms with E-state index >= 15 is 0 Å². The third-order valence-electron chi connectivity index (χ3n) is 3.47. The Balaban J connectivity index is 2.98. The molecule has 0 amide bonds. The summed E-state index contributed by atoms with van der Waals surface area (Å²) in [6, 6.07) is 0.497. The second-order valence-corrected chi connectivity index (χ2v) is 6.54. The standard InChI is InChI=1S/C15H30N4/c1-11(2)7-13(9-18(5)6)19-10-17-8-14(19)15(16)12(3)4/h8,10-13,15H,7,9,16H2,1-6H3. The van der Waals surface area contributed by atoms with Crippen LogP contribution in [0.5, 0.6) is 0 Å². The van der Waals surface area contributed by atoms with Crippen molar-refractivity contribution in [2.24, 2.45) is 17.6 Å². The van der Waals surface area contributed by atoms with Crippen molar-refractivity contribution < 1.29 is 0 Å². The molecule has 0 aliphatic heterocycles. The van der Waals surface area contributed by atoms with Crippen LogP contribution in [0.4, 0.5) is 0 Å². The number of rotatable bonds is 7. The minimum absolute atomic E-state index is 0.0549. The maximum atomic E-state index is 6.31. The van der Waals surface area contributed by atoms with Gasteiger partial charge in [0, 0.05) is 24.8 Å². The monoisotopic (exact) mass is 266 g/mol. The maximum Gasteiger partial charge on any atom is 0.0951 e. The first-order valence-electron chi connectivity index (χ1n) is 7.25. The molecule has 2 N–H and O–H groups in total. The van der Waals surface area contributed by atoms with Gasteiger partial charge in [-0.15, -0.1) is 0 Å². The van der Waals surface area contributed by atoms with Crippen LogP contribution in [0.25, 0.3) is 0 Å². The molecular formula is C15H30N4. The molecule has 0 fully saturated rings. The zero-order valence-corrected chi connectivity index (χ0v) is 13.3. The molecule has 1 heterocycles. The molecule has 0 saturated carbocycles. The predicted molar refractivity (Wildman–Crippen MR) is 81.0 cm³/mol. The van der Waals surface area contributed by atoms with E-state index in [0.29, 0.717) is 17.9 Å². The summed E-state index contributed by atoms with van der Waals surface area (Å²) in [5, 5.41) is 0. The molecule has 2 atom stereocenters. The summed E-state index contributed by atoms with van der Waals surface area (Å²) in [5.41, 5.74) is 7.46. The van der Waals surface area contributed by atoms with Crippen molar-refractivity contribution in [1.29, 1.82) is 0 Å². The number of likely N-dealkylation sites (N-methyl/N-ethyl adjacent to an activating group) is 1. The molecule has 0 aromatic carbocycles. The van der Waals surface area contributed by atoms with Gasteiger partial charge in [-0.2, -0.15) is 0 Å². The first-order valence-corrected chi connectivity index (χ1v) is 7.25. The highest BCUT2D eigenvalue weighted by atomic mass is 15.2. The second kappa shape index (κ2) is 7.06. The van der Waals surface area contributed by atoms with Gasteiger partial charge in [-0.25, -0.2) is 4.98 Å². The highest BCUT2D eigenvalue weighted by molar-refractivity contribution is 5.07. The highest BCUT2D eigenvalue weighted by Crippen LogP contribution is 2.25. The van der Waals surface area contributed by atoms with Crippen molar-refractivity contribution in [3.63, 3.8) is 0 Å². The lowest BCUT2D eigenvalue weighted by Crippen LogP contribution is -2.29. The van der Waals surface area contributed by atoms with Crippen LogP contribution in [-0.2, 0) is 0 Å². The fraction of sp³-hybridized carbons (Fsp3) is 0.800. The fourth-order valence-electron chi connectivity index (χ4n) is 2.46. The molecule has 4 heteroatoms. The Kier molecular flexibility index (Phi) is 6.01. The van der Waals surface area contributed by atoms with Crippen LogP contribution < -0.4 is 5.73 Å². The molecule has 4 nitrogen and oxygen atoms in total. The van der Waals surface area contributed by atoms with E-state index in [1.165, 1.54) is 0 Å². The fourth-order valence-corrected chi connectivity index (χ4v) is 2.46. The van der Waals surface area contributed by atoms with Crippen LogP contribution in [0.2, 0.25) is 0 Å². The SMILES string of the molecule is CC(C)CC(CN(C)C)n1cncc1C(N)C(C)C. The Labute approximate surface area is 118 Å². The van der Waals surface area contributed by atoms with Gasteiger partial charge in [0.25, 0.3) is 0 Å². The molecule has 0 bridgehead atoms. The summed E-state index contributed by atoms with van der Waals surface area (Å²) in [4.78, 5) is 6.56. The Morgan fingerprint density at radius 1 is 1.26 bits per heavy atom. The third-order valence-corrected chi connectivity index (χ3v) is 3.47. The molecule has 1 aromatic heterocycles. The average Bonchev–Trinajstić information content (AvgIpc) is 2.74. The second-order valence-electron chi connectivity index (χ2n) is 6.54. The van der Waals surface area contributed by atoms with Gasteiger partial charge in [0.05, 0.1) is 12.0 Å². The summed E-state index contributed by atoms with van der Waals surface area (Å²) in [5.74, 6) is 1.09. The highest BCUT2D eigenvalue weighted by Gasteiger charge is 2.21. The molecule has 1 rings (SSSR count). The lowest BCUT2D eigenvalue weighted by molar-refractivity contribution is 0.279. The Morgan fingerprint density at radius 3 is 2.37 bits per heavy atom. The topological polar surface area (TPSA) is 47.1 Å². The molecule has 19 heavy (non-hydrogen) atoms. The van der Waals surface area contributed by atoms with Crippen molar-refractivity contribution in [1.82, 2.24) is 14.5 Å². The van der Waals surface area contributed by atoms with Gasteiger partial charge in [-0.1, -0.05) is 27.7 Å². The number of hydrogen-bond donors (Lipinski definition) is 1. The number of nitrogens with zero attached hydrogens (tertiary/aromatic N) is 3. The van der Waals surface area contributed by atoms with E-state index in [4.69, 9.17) is 5.73 Å². The van der Waals surface area contributed by atoms with Gasteiger partial charge in [-0.05, 0) is 32.4 Å². The van der Waals surface area contributed by atoms with E-state index in [9.17, 15) is 0 Å². The average molecular weight is 266 g/mol. The van der Waals surface area contributed by atoms with Crippen molar-refractivity contribution in [3.8, 4) is 0 Å². The summed E-state index contributed by atoms with van der Waals surface area (Å²) in [6.45, 7) is 9.87. The molecule has 0 aliphatic rings. The Hall–Kier alpha value is -0.870. The first kappa shape index (κ1) is 16.2. The van der Waals surface area contributed by atoms with Gasteiger partial charge in [0.1, 0.15) is 0 Å². The smallest absolute Gasteiger partial charge is 0.0951 e. The molecule has 0 aliphatic carbocycles. The Bertz CT molecular complexity index is 358. The molecule has 2 unspecified atom stereocenters. The quantitative estimate of drug-likeness (QED) is 0.825. The van der Waals surface area contributed by atoms with Crippen molar-refractivity contribution in [3.05, 3.63) is 18.2 Å². The molecule has 0 saturated heterocycles. The molecular weight excluding hydrogens is 236 g/mol. The van der Waals surface area contributed by atoms with Crippen LogP contribution in [0, 0.1) is 11.8 Å². The van der Waals surface area contributed by atoms with Crippen LogP contribution in [0.1, 0.15) is 51.9 Å². The van der Waals surface area contributed by atoms with E-state index in [1.807, 2.05) is 12.5 Å². The number of hydrogen-bond acceptors (Lipinski definition) is 3. The van der Waals surface area contributed by atoms with E-state index in [2.05, 4.69) is 56.2 Å². The predicted octanol–water partition coefficient (Wildman–Crippen LogP) is 2.69. The molecule has 0 spiro atoms. The van der Waals surface area contributed by atoms with Gasteiger partial charge in [0.15, 0.2) is 0 Å². The third kappa shape index (κ3) is 4.62. The summed E-state index contributed by atoms with van der Waals surface area (Å²) < 4.78 is 2.28. The van der Waals surface area contributed by atoms with E-state index < -0.39 is 0 Å². The minimum atomic E-state index is 0.0549. The summed E-state index contributed by atoms with van der Waals surface area (Å²) >= 11 is 0. The lowest BCUT2D eigenvalue weighted by Gasteiger charge is -2.28. The van der Waals surface area contributed by atoms with Gasteiger partial charge < -0.3 is 15.2 Å². The number of aromatic nitrogens is 2. The van der Waals surface area contributed by atoms with Gasteiger partial charge in [-0.3, -0.25) is 0 Å². The summed E-state index contributed by atoms with van der Waals surface area (Å²) in [6.07, 6.45) is 5.01. The van der Waals surface area contributed by atoms with Crippen LogP contribution in [-0.4, -0.2) is 35.1 Å². The zero-order valence-electron chi connectivity index (χ0n) is 13.3. The Morgan fingerprint density at radius 2 is 1.89 bits per heavy atom. The molecule has 1 aromatic rings. The van der Waals surface area contributed by atoms with E-state index in [1.54, 1.807) is 0 Å². The van der Waals surface area contributed by atoms with Gasteiger partial charge >= 0.3 is 0 Å². The van der Waals surface area contributed by atoms with E-state index in [0.717, 1.165) is 18.7 Å². The number of nitrogens with two attached hydrogens (primary N) is 1. The summed E-state index contributed by atoms with van der Waals surface area (Å²) in [7, 11) is 4.23. The van der Waals surface area contributed by atoms with Crippen molar-refractivity contribution in [2.75, 3.05) is 20.6 Å². The number of imidazole rings is 1. The van der Waals surface area contributed by atoms with Crippen molar-refractivity contribution >= 4 is 0 Å². The minimum Gasteiger partial charge on any atom is -0.329 e. The van der Waals surface area contributed by atoms with Crippen LogP contribution in [0.15, 0.2) is 12.5 Å². The van der Waals surface area contributed by atoms with Crippen LogP contribution >= 0.6 is 0 Å². The van der Waals surface area contributed by atoms with Crippen LogP contribution in [0.3, 0.4) is 0 Å². The maximum absolute atomic E-state index is 6.31.